The summed E-state index contributed by atoms with van der Waals surface area (Å²) < 4.78 is 0. The van der Waals surface area contributed by atoms with Crippen molar-refractivity contribution in [1.29, 1.82) is 0 Å². The average Bonchev–Trinajstić information content (AvgIpc) is 2.78. The maximum absolute atomic E-state index is 11.7. The number of nitrogens with one attached hydrogen (secondary N) is 1. The van der Waals surface area contributed by atoms with E-state index >= 15 is 0 Å². The summed E-state index contributed by atoms with van der Waals surface area (Å²) in [4.78, 5) is 15.9. The molecule has 0 aromatic carbocycles. The molecule has 0 bridgehead atoms. The first kappa shape index (κ1) is 14.5. The lowest BCUT2D eigenvalue weighted by molar-refractivity contribution is 0.0948. The first-order chi connectivity index (χ1) is 8.15. The van der Waals surface area contributed by atoms with E-state index in [2.05, 4.69) is 16.6 Å². The largest absolute Gasteiger partial charge is 0.351 e. The Kier molecular flexibility index (Phi) is 6.54. The molecule has 17 heavy (non-hydrogen) atoms. The summed E-state index contributed by atoms with van der Waals surface area (Å²) in [7, 11) is 0. The van der Waals surface area contributed by atoms with Crippen LogP contribution in [0.25, 0.3) is 0 Å². The molecule has 96 valence electrons. The van der Waals surface area contributed by atoms with Gasteiger partial charge in [0, 0.05) is 11.9 Å². The van der Waals surface area contributed by atoms with Gasteiger partial charge in [-0.25, -0.2) is 4.98 Å². The molecule has 6 heteroatoms. The van der Waals surface area contributed by atoms with Crippen LogP contribution in [0.1, 0.15) is 41.3 Å². The number of rotatable bonds is 7. The molecule has 0 aliphatic carbocycles. The van der Waals surface area contributed by atoms with Gasteiger partial charge in [-0.05, 0) is 31.8 Å². The van der Waals surface area contributed by atoms with Crippen LogP contribution in [-0.4, -0.2) is 29.4 Å². The number of carbonyl (C=O) groups is 1. The number of unbranched alkanes of at least 4 members (excludes halogenated alkanes) is 1. The van der Waals surface area contributed by atoms with E-state index in [9.17, 15) is 4.79 Å². The van der Waals surface area contributed by atoms with Gasteiger partial charge in [0.05, 0.1) is 6.04 Å². The lowest BCUT2D eigenvalue weighted by Gasteiger charge is -2.02. The number of nitrogens with zero attached hydrogens (tertiary/aromatic N) is 1. The minimum absolute atomic E-state index is 0.0997. The molecule has 4 nitrogen and oxygen atoms in total. The third-order valence-corrected chi connectivity index (χ3v) is 3.95. The van der Waals surface area contributed by atoms with Crippen LogP contribution < -0.4 is 11.1 Å². The summed E-state index contributed by atoms with van der Waals surface area (Å²) in [5.74, 6) is 1.04. The average molecular weight is 273 g/mol. The molecule has 0 saturated carbocycles. The summed E-state index contributed by atoms with van der Waals surface area (Å²) in [6, 6.07) is -0.108. The lowest BCUT2D eigenvalue weighted by atomic mass is 10.3. The van der Waals surface area contributed by atoms with Crippen LogP contribution in [0, 0.1) is 0 Å². The third kappa shape index (κ3) is 5.06. The number of thioether (sulfide) groups is 1. The number of nitrogens with two attached hydrogens (primary N) is 1. The van der Waals surface area contributed by atoms with Crippen LogP contribution in [0.15, 0.2) is 5.38 Å². The summed E-state index contributed by atoms with van der Waals surface area (Å²) in [5.41, 5.74) is 6.17. The number of hydrogen-bond donors (Lipinski definition) is 2. The van der Waals surface area contributed by atoms with Crippen molar-refractivity contribution in [3.05, 3.63) is 16.1 Å². The number of hydrogen-bond acceptors (Lipinski definition) is 5. The van der Waals surface area contributed by atoms with Gasteiger partial charge < -0.3 is 11.1 Å². The zero-order valence-corrected chi connectivity index (χ0v) is 11.9. The Labute approximate surface area is 110 Å². The van der Waals surface area contributed by atoms with Crippen LogP contribution >= 0.6 is 23.1 Å². The van der Waals surface area contributed by atoms with E-state index in [1.165, 1.54) is 11.3 Å². The van der Waals surface area contributed by atoms with E-state index in [1.807, 2.05) is 18.7 Å². The Morgan fingerprint density at radius 2 is 2.41 bits per heavy atom. The van der Waals surface area contributed by atoms with Gasteiger partial charge in [0.2, 0.25) is 0 Å². The molecule has 0 spiro atoms. The van der Waals surface area contributed by atoms with Crippen molar-refractivity contribution in [2.24, 2.45) is 5.73 Å². The number of aromatic nitrogens is 1. The Morgan fingerprint density at radius 1 is 1.65 bits per heavy atom. The van der Waals surface area contributed by atoms with Gasteiger partial charge in [0.1, 0.15) is 10.7 Å². The Hall–Kier alpha value is -0.590. The molecule has 0 aliphatic heterocycles. The molecule has 0 radical (unpaired) electrons. The zero-order valence-electron chi connectivity index (χ0n) is 10.2. The second-order valence-electron chi connectivity index (χ2n) is 3.82. The van der Waals surface area contributed by atoms with Crippen LogP contribution in [0.5, 0.6) is 0 Å². The molecular formula is C11H19N3OS2. The summed E-state index contributed by atoms with van der Waals surface area (Å²) in [6.07, 6.45) is 4.23. The minimum atomic E-state index is -0.108. The zero-order chi connectivity index (χ0) is 12.7. The van der Waals surface area contributed by atoms with Gasteiger partial charge in [-0.2, -0.15) is 11.8 Å². The lowest BCUT2D eigenvalue weighted by Crippen LogP contribution is -2.25. The molecule has 1 aromatic heterocycles. The van der Waals surface area contributed by atoms with E-state index in [1.54, 1.807) is 5.38 Å². The fourth-order valence-electron chi connectivity index (χ4n) is 1.26. The topological polar surface area (TPSA) is 68.0 Å². The first-order valence-electron chi connectivity index (χ1n) is 5.63. The summed E-state index contributed by atoms with van der Waals surface area (Å²) >= 11 is 3.26. The van der Waals surface area contributed by atoms with Gasteiger partial charge in [0.15, 0.2) is 0 Å². The molecule has 1 rings (SSSR count). The minimum Gasteiger partial charge on any atom is -0.351 e. The quantitative estimate of drug-likeness (QED) is 0.746. The van der Waals surface area contributed by atoms with Gasteiger partial charge in [0.25, 0.3) is 5.91 Å². The van der Waals surface area contributed by atoms with Crippen LogP contribution in [-0.2, 0) is 0 Å². The van der Waals surface area contributed by atoms with Gasteiger partial charge >= 0.3 is 0 Å². The second kappa shape index (κ2) is 7.68. The highest BCUT2D eigenvalue weighted by molar-refractivity contribution is 7.98. The third-order valence-electron chi connectivity index (χ3n) is 2.20. The molecule has 1 unspecified atom stereocenters. The van der Waals surface area contributed by atoms with Crippen molar-refractivity contribution >= 4 is 29.0 Å². The van der Waals surface area contributed by atoms with Crippen LogP contribution in [0.4, 0.5) is 0 Å². The molecule has 1 atom stereocenters. The number of thiazole rings is 1. The smallest absolute Gasteiger partial charge is 0.270 e. The van der Waals surface area contributed by atoms with Gasteiger partial charge in [-0.15, -0.1) is 11.3 Å². The van der Waals surface area contributed by atoms with Crippen molar-refractivity contribution in [2.45, 2.75) is 25.8 Å². The number of carbonyl (C=O) groups excluding carboxylic acids is 1. The van der Waals surface area contributed by atoms with E-state index in [0.717, 1.165) is 23.6 Å². The molecule has 3 N–H and O–H groups in total. The molecular weight excluding hydrogens is 254 g/mol. The van der Waals surface area contributed by atoms with Gasteiger partial charge in [-0.1, -0.05) is 0 Å². The fraction of sp³-hybridized carbons (Fsp3) is 0.636. The highest BCUT2D eigenvalue weighted by atomic mass is 32.2. The van der Waals surface area contributed by atoms with E-state index < -0.39 is 0 Å². The van der Waals surface area contributed by atoms with Gasteiger partial charge in [-0.3, -0.25) is 4.79 Å². The number of amides is 1. The highest BCUT2D eigenvalue weighted by Gasteiger charge is 2.11. The van der Waals surface area contributed by atoms with E-state index in [-0.39, 0.29) is 11.9 Å². The highest BCUT2D eigenvalue weighted by Crippen LogP contribution is 2.15. The fourth-order valence-corrected chi connectivity index (χ4v) is 2.52. The molecule has 1 heterocycles. The first-order valence-corrected chi connectivity index (χ1v) is 7.90. The predicted molar refractivity (Wildman–Crippen MR) is 74.7 cm³/mol. The Bertz CT molecular complexity index is 352. The van der Waals surface area contributed by atoms with Crippen molar-refractivity contribution in [3.8, 4) is 0 Å². The van der Waals surface area contributed by atoms with Crippen molar-refractivity contribution in [3.63, 3.8) is 0 Å². The SMILES string of the molecule is CSCCCCNC(=O)c1csc(C(C)N)n1. The molecule has 0 aliphatic rings. The predicted octanol–water partition coefficient (Wildman–Crippen LogP) is 2.04. The summed E-state index contributed by atoms with van der Waals surface area (Å²) in [6.45, 7) is 2.58. The Balaban J connectivity index is 2.31. The van der Waals surface area contributed by atoms with E-state index in [0.29, 0.717) is 12.2 Å². The molecule has 1 aromatic rings. The van der Waals surface area contributed by atoms with Crippen molar-refractivity contribution in [2.75, 3.05) is 18.6 Å². The Morgan fingerprint density at radius 3 is 3.00 bits per heavy atom. The van der Waals surface area contributed by atoms with Crippen molar-refractivity contribution < 1.29 is 4.79 Å². The standard InChI is InChI=1S/C11H19N3OS2/c1-8(12)11-14-9(7-17-11)10(15)13-5-3-4-6-16-2/h7-8H,3-6,12H2,1-2H3,(H,13,15). The normalized spacial score (nSPS) is 12.4. The second-order valence-corrected chi connectivity index (χ2v) is 5.69. The maximum Gasteiger partial charge on any atom is 0.270 e. The van der Waals surface area contributed by atoms with Crippen LogP contribution in [0.2, 0.25) is 0 Å². The maximum atomic E-state index is 11.7. The summed E-state index contributed by atoms with van der Waals surface area (Å²) in [5, 5.41) is 5.43. The van der Waals surface area contributed by atoms with Crippen LogP contribution in [0.3, 0.4) is 0 Å². The molecule has 0 saturated heterocycles. The van der Waals surface area contributed by atoms with Crippen molar-refractivity contribution in [1.82, 2.24) is 10.3 Å². The molecule has 0 fully saturated rings. The monoisotopic (exact) mass is 273 g/mol. The van der Waals surface area contributed by atoms with E-state index in [4.69, 9.17) is 5.73 Å². The molecule has 1 amide bonds.